The van der Waals surface area contributed by atoms with Gasteiger partial charge in [0, 0.05) is 13.1 Å². The van der Waals surface area contributed by atoms with Crippen LogP contribution in [-0.2, 0) is 4.79 Å². The molecule has 96 valence electrons. The molecule has 0 heterocycles. The number of hydrogen-bond acceptors (Lipinski definition) is 3. The summed E-state index contributed by atoms with van der Waals surface area (Å²) in [5.74, 6) is -0.0559. The van der Waals surface area contributed by atoms with E-state index in [0.29, 0.717) is 6.54 Å². The van der Waals surface area contributed by atoms with Crippen LogP contribution < -0.4 is 11.1 Å². The van der Waals surface area contributed by atoms with E-state index >= 15 is 0 Å². The molecule has 0 saturated carbocycles. The summed E-state index contributed by atoms with van der Waals surface area (Å²) >= 11 is 0. The summed E-state index contributed by atoms with van der Waals surface area (Å²) in [4.78, 5) is 14.0. The summed E-state index contributed by atoms with van der Waals surface area (Å²) in [6, 6.07) is -0.441. The van der Waals surface area contributed by atoms with Crippen molar-refractivity contribution in [3.8, 4) is 0 Å². The smallest absolute Gasteiger partial charge is 0.237 e. The van der Waals surface area contributed by atoms with Gasteiger partial charge in [0.2, 0.25) is 5.91 Å². The maximum Gasteiger partial charge on any atom is 0.237 e. The van der Waals surface area contributed by atoms with Gasteiger partial charge in [-0.15, -0.1) is 0 Å². The first-order chi connectivity index (χ1) is 7.32. The molecule has 1 unspecified atom stereocenters. The summed E-state index contributed by atoms with van der Waals surface area (Å²) in [7, 11) is 0. The predicted molar refractivity (Wildman–Crippen MR) is 68.2 cm³/mol. The second-order valence-electron chi connectivity index (χ2n) is 5.16. The zero-order chi connectivity index (χ0) is 12.8. The molecule has 0 aromatic carbocycles. The van der Waals surface area contributed by atoms with Crippen molar-refractivity contribution in [2.45, 2.75) is 40.7 Å². The number of carbonyl (C=O) groups excluding carboxylic acids is 1. The summed E-state index contributed by atoms with van der Waals surface area (Å²) in [6.07, 6.45) is 0. The molecule has 3 N–H and O–H groups in total. The zero-order valence-electron chi connectivity index (χ0n) is 11.3. The van der Waals surface area contributed by atoms with Crippen LogP contribution in [-0.4, -0.2) is 43.0 Å². The van der Waals surface area contributed by atoms with Crippen LogP contribution in [0.15, 0.2) is 0 Å². The highest BCUT2D eigenvalue weighted by atomic mass is 16.2. The van der Waals surface area contributed by atoms with Crippen LogP contribution >= 0.6 is 0 Å². The molecule has 0 aromatic heterocycles. The van der Waals surface area contributed by atoms with Crippen LogP contribution in [0.4, 0.5) is 0 Å². The Morgan fingerprint density at radius 2 is 1.81 bits per heavy atom. The quantitative estimate of drug-likeness (QED) is 0.709. The van der Waals surface area contributed by atoms with Crippen LogP contribution in [0.2, 0.25) is 0 Å². The molecule has 4 heteroatoms. The minimum Gasteiger partial charge on any atom is -0.353 e. The van der Waals surface area contributed by atoms with Crippen molar-refractivity contribution in [1.82, 2.24) is 10.2 Å². The van der Waals surface area contributed by atoms with Gasteiger partial charge in [-0.05, 0) is 18.5 Å². The van der Waals surface area contributed by atoms with Gasteiger partial charge in [0.1, 0.15) is 0 Å². The van der Waals surface area contributed by atoms with E-state index in [1.807, 2.05) is 20.8 Å². The molecule has 16 heavy (non-hydrogen) atoms. The number of nitrogens with one attached hydrogen (secondary N) is 1. The van der Waals surface area contributed by atoms with E-state index in [0.717, 1.165) is 19.6 Å². The van der Waals surface area contributed by atoms with E-state index in [9.17, 15) is 4.79 Å². The van der Waals surface area contributed by atoms with Gasteiger partial charge in [-0.3, -0.25) is 4.79 Å². The Kier molecular flexibility index (Phi) is 6.60. The number of hydrogen-bond donors (Lipinski definition) is 2. The number of carbonyl (C=O) groups is 1. The summed E-state index contributed by atoms with van der Waals surface area (Å²) in [5, 5.41) is 2.88. The third kappa shape index (κ3) is 5.47. The number of nitrogens with zero attached hydrogens (tertiary/aromatic N) is 1. The number of amides is 1. The topological polar surface area (TPSA) is 58.4 Å². The first kappa shape index (κ1) is 15.4. The van der Waals surface area contributed by atoms with Crippen molar-refractivity contribution in [1.29, 1.82) is 0 Å². The van der Waals surface area contributed by atoms with Crippen molar-refractivity contribution in [2.75, 3.05) is 26.2 Å². The largest absolute Gasteiger partial charge is 0.353 e. The lowest BCUT2D eigenvalue weighted by molar-refractivity contribution is -0.124. The summed E-state index contributed by atoms with van der Waals surface area (Å²) in [5.41, 5.74) is 5.67. The standard InChI is InChI=1S/C12H27N3O/c1-6-15(7-2)9-8-14-11(16)10(13)12(3,4)5/h10H,6-9,13H2,1-5H3,(H,14,16). The number of likely N-dealkylation sites (N-methyl/N-ethyl adjacent to an activating group) is 1. The number of nitrogens with two attached hydrogens (primary N) is 1. The van der Waals surface area contributed by atoms with E-state index in [4.69, 9.17) is 5.73 Å². The molecule has 0 aliphatic rings. The molecule has 0 fully saturated rings. The zero-order valence-corrected chi connectivity index (χ0v) is 11.3. The van der Waals surface area contributed by atoms with Crippen molar-refractivity contribution >= 4 is 5.91 Å². The second kappa shape index (κ2) is 6.86. The third-order valence-corrected chi connectivity index (χ3v) is 2.84. The Morgan fingerprint density at radius 3 is 2.19 bits per heavy atom. The molecule has 0 bridgehead atoms. The van der Waals surface area contributed by atoms with Crippen molar-refractivity contribution < 1.29 is 4.79 Å². The maximum atomic E-state index is 11.7. The Labute approximate surface area is 99.6 Å². The Hall–Kier alpha value is -0.610. The van der Waals surface area contributed by atoms with E-state index in [-0.39, 0.29) is 11.3 Å². The highest BCUT2D eigenvalue weighted by Crippen LogP contribution is 2.16. The van der Waals surface area contributed by atoms with Crippen molar-refractivity contribution in [3.05, 3.63) is 0 Å². The first-order valence-electron chi connectivity index (χ1n) is 6.08. The minimum atomic E-state index is -0.441. The van der Waals surface area contributed by atoms with Gasteiger partial charge >= 0.3 is 0 Å². The van der Waals surface area contributed by atoms with Crippen molar-refractivity contribution in [3.63, 3.8) is 0 Å². The molecule has 0 saturated heterocycles. The predicted octanol–water partition coefficient (Wildman–Crippen LogP) is 0.818. The van der Waals surface area contributed by atoms with Crippen LogP contribution in [0, 0.1) is 5.41 Å². The monoisotopic (exact) mass is 229 g/mol. The Bertz CT molecular complexity index is 207. The fourth-order valence-electron chi connectivity index (χ4n) is 1.38. The second-order valence-corrected chi connectivity index (χ2v) is 5.16. The van der Waals surface area contributed by atoms with Gasteiger partial charge < -0.3 is 16.0 Å². The SMILES string of the molecule is CCN(CC)CCNC(=O)C(N)C(C)(C)C. The summed E-state index contributed by atoms with van der Waals surface area (Å²) < 4.78 is 0. The fraction of sp³-hybridized carbons (Fsp3) is 0.917. The molecular weight excluding hydrogens is 202 g/mol. The lowest BCUT2D eigenvalue weighted by atomic mass is 9.87. The van der Waals surface area contributed by atoms with Gasteiger partial charge in [0.25, 0.3) is 0 Å². The minimum absolute atomic E-state index is 0.0559. The van der Waals surface area contributed by atoms with Gasteiger partial charge in [0.15, 0.2) is 0 Å². The molecule has 0 aromatic rings. The fourth-order valence-corrected chi connectivity index (χ4v) is 1.38. The van der Waals surface area contributed by atoms with Crippen LogP contribution in [0.25, 0.3) is 0 Å². The molecule has 4 nitrogen and oxygen atoms in total. The van der Waals surface area contributed by atoms with E-state index in [2.05, 4.69) is 24.1 Å². The average Bonchev–Trinajstić information content (AvgIpc) is 2.21. The van der Waals surface area contributed by atoms with Gasteiger partial charge in [-0.2, -0.15) is 0 Å². The van der Waals surface area contributed by atoms with E-state index in [1.165, 1.54) is 0 Å². The molecule has 1 amide bonds. The lowest BCUT2D eigenvalue weighted by Gasteiger charge is -2.26. The average molecular weight is 229 g/mol. The normalized spacial score (nSPS) is 13.9. The molecule has 1 atom stereocenters. The van der Waals surface area contributed by atoms with E-state index < -0.39 is 6.04 Å². The highest BCUT2D eigenvalue weighted by Gasteiger charge is 2.26. The van der Waals surface area contributed by atoms with Crippen LogP contribution in [0.1, 0.15) is 34.6 Å². The molecular formula is C12H27N3O. The van der Waals surface area contributed by atoms with Gasteiger partial charge in [0.05, 0.1) is 6.04 Å². The Balaban J connectivity index is 3.90. The van der Waals surface area contributed by atoms with Crippen LogP contribution in [0.5, 0.6) is 0 Å². The summed E-state index contributed by atoms with van der Waals surface area (Å²) in [6.45, 7) is 13.7. The molecule has 0 spiro atoms. The van der Waals surface area contributed by atoms with Gasteiger partial charge in [-0.25, -0.2) is 0 Å². The highest BCUT2D eigenvalue weighted by molar-refractivity contribution is 5.82. The van der Waals surface area contributed by atoms with Crippen molar-refractivity contribution in [2.24, 2.45) is 11.1 Å². The van der Waals surface area contributed by atoms with Crippen LogP contribution in [0.3, 0.4) is 0 Å². The maximum absolute atomic E-state index is 11.7. The van der Waals surface area contributed by atoms with E-state index in [1.54, 1.807) is 0 Å². The molecule has 0 aliphatic heterocycles. The lowest BCUT2D eigenvalue weighted by Crippen LogP contribution is -2.49. The molecule has 0 aliphatic carbocycles. The third-order valence-electron chi connectivity index (χ3n) is 2.84. The first-order valence-corrected chi connectivity index (χ1v) is 6.08. The Morgan fingerprint density at radius 1 is 1.31 bits per heavy atom. The molecule has 0 rings (SSSR count). The van der Waals surface area contributed by atoms with Gasteiger partial charge in [-0.1, -0.05) is 34.6 Å². The molecule has 0 radical (unpaired) electrons. The number of rotatable bonds is 6.